The number of rotatable bonds is 4. The third-order valence-electron chi connectivity index (χ3n) is 3.82. The first-order chi connectivity index (χ1) is 11.5. The summed E-state index contributed by atoms with van der Waals surface area (Å²) in [6, 6.07) is 10.1. The highest BCUT2D eigenvalue weighted by Gasteiger charge is 2.09. The van der Waals surface area contributed by atoms with Crippen LogP contribution in [0, 0.1) is 13.8 Å². The number of aryl methyl sites for hydroxylation is 3. The van der Waals surface area contributed by atoms with Crippen LogP contribution in [0.1, 0.15) is 16.7 Å². The Labute approximate surface area is 141 Å². The predicted octanol–water partition coefficient (Wildman–Crippen LogP) is 3.37. The van der Waals surface area contributed by atoms with Gasteiger partial charge in [-0.15, -0.1) is 5.11 Å². The molecule has 0 spiro atoms. The first-order valence-corrected chi connectivity index (χ1v) is 7.77. The smallest absolute Gasteiger partial charge is 0.173 e. The molecule has 0 radical (unpaired) electrons. The van der Waals surface area contributed by atoms with E-state index in [1.54, 1.807) is 10.9 Å². The Morgan fingerprint density at radius 3 is 2.75 bits per heavy atom. The average molecular weight is 321 g/mol. The van der Waals surface area contributed by atoms with Crippen LogP contribution in [0.15, 0.2) is 59.2 Å². The molecule has 0 amide bonds. The van der Waals surface area contributed by atoms with Gasteiger partial charge < -0.3 is 5.73 Å². The van der Waals surface area contributed by atoms with Crippen molar-refractivity contribution in [3.05, 3.63) is 65.6 Å². The number of benzene rings is 1. The van der Waals surface area contributed by atoms with Gasteiger partial charge in [-0.1, -0.05) is 12.1 Å². The summed E-state index contributed by atoms with van der Waals surface area (Å²) in [5.41, 5.74) is 10.9. The van der Waals surface area contributed by atoms with E-state index in [0.29, 0.717) is 18.1 Å². The molecular formula is C18H21N6+. The van der Waals surface area contributed by atoms with Crippen molar-refractivity contribution in [1.82, 2.24) is 9.78 Å². The van der Waals surface area contributed by atoms with Crippen molar-refractivity contribution in [3.63, 3.8) is 0 Å². The molecule has 0 atom stereocenters. The Balaban J connectivity index is 1.82. The van der Waals surface area contributed by atoms with Crippen LogP contribution in [0.25, 0.3) is 0 Å². The van der Waals surface area contributed by atoms with Crippen LogP contribution < -0.4 is 10.3 Å². The van der Waals surface area contributed by atoms with Crippen LogP contribution in [0.3, 0.4) is 0 Å². The Hall–Kier alpha value is -3.02. The summed E-state index contributed by atoms with van der Waals surface area (Å²) in [4.78, 5) is 0. The normalized spacial score (nSPS) is 11.3. The Kier molecular flexibility index (Phi) is 4.37. The van der Waals surface area contributed by atoms with Gasteiger partial charge >= 0.3 is 0 Å². The summed E-state index contributed by atoms with van der Waals surface area (Å²) in [5, 5.41) is 12.9. The number of nitrogens with zero attached hydrogens (tertiary/aromatic N) is 5. The largest absolute Gasteiger partial charge is 0.382 e. The number of nitrogens with two attached hydrogens (primary N) is 1. The van der Waals surface area contributed by atoms with Crippen LogP contribution in [-0.2, 0) is 13.6 Å². The summed E-state index contributed by atoms with van der Waals surface area (Å²) in [5.74, 6) is 0.510. The number of pyridine rings is 1. The highest BCUT2D eigenvalue weighted by molar-refractivity contribution is 5.57. The highest BCUT2D eigenvalue weighted by Crippen LogP contribution is 2.26. The first kappa shape index (κ1) is 15.9. The molecule has 122 valence electrons. The van der Waals surface area contributed by atoms with Crippen LogP contribution in [0.5, 0.6) is 0 Å². The lowest BCUT2D eigenvalue weighted by Gasteiger charge is -2.03. The zero-order chi connectivity index (χ0) is 17.1. The second-order valence-corrected chi connectivity index (χ2v) is 5.94. The lowest BCUT2D eigenvalue weighted by molar-refractivity contribution is -0.671. The van der Waals surface area contributed by atoms with Crippen molar-refractivity contribution < 1.29 is 4.57 Å². The van der Waals surface area contributed by atoms with E-state index >= 15 is 0 Å². The van der Waals surface area contributed by atoms with Crippen molar-refractivity contribution in [2.75, 3.05) is 5.73 Å². The average Bonchev–Trinajstić information content (AvgIpc) is 2.89. The molecule has 0 unspecified atom stereocenters. The third kappa shape index (κ3) is 3.48. The minimum Gasteiger partial charge on any atom is -0.382 e. The van der Waals surface area contributed by atoms with Gasteiger partial charge in [-0.25, -0.2) is 9.25 Å². The molecule has 1 aromatic carbocycles. The fourth-order valence-electron chi connectivity index (χ4n) is 2.44. The quantitative estimate of drug-likeness (QED) is 0.591. The van der Waals surface area contributed by atoms with E-state index in [9.17, 15) is 0 Å². The molecular weight excluding hydrogens is 300 g/mol. The van der Waals surface area contributed by atoms with Crippen LogP contribution in [-0.4, -0.2) is 9.78 Å². The SMILES string of the molecule is Cc1ccc(C)c(N=Nc2cnn(Cc3ccc[n+](C)c3)c2N)c1. The van der Waals surface area contributed by atoms with Crippen molar-refractivity contribution in [3.8, 4) is 0 Å². The third-order valence-corrected chi connectivity index (χ3v) is 3.82. The van der Waals surface area contributed by atoms with E-state index < -0.39 is 0 Å². The molecule has 6 heteroatoms. The molecule has 3 aromatic rings. The number of azo groups is 1. The van der Waals surface area contributed by atoms with Crippen LogP contribution >= 0.6 is 0 Å². The van der Waals surface area contributed by atoms with Crippen molar-refractivity contribution in [2.24, 2.45) is 17.3 Å². The van der Waals surface area contributed by atoms with Gasteiger partial charge in [-0.05, 0) is 37.1 Å². The van der Waals surface area contributed by atoms with Gasteiger partial charge in [0, 0.05) is 11.6 Å². The van der Waals surface area contributed by atoms with Crippen LogP contribution in [0.2, 0.25) is 0 Å². The summed E-state index contributed by atoms with van der Waals surface area (Å²) >= 11 is 0. The number of nitrogen functional groups attached to an aromatic ring is 1. The number of aromatic nitrogens is 3. The second kappa shape index (κ2) is 6.62. The Morgan fingerprint density at radius 2 is 1.96 bits per heavy atom. The van der Waals surface area contributed by atoms with E-state index in [2.05, 4.69) is 21.4 Å². The molecule has 0 saturated heterocycles. The van der Waals surface area contributed by atoms with Crippen molar-refractivity contribution in [1.29, 1.82) is 0 Å². The van der Waals surface area contributed by atoms with Crippen molar-refractivity contribution >= 4 is 17.2 Å². The van der Waals surface area contributed by atoms with E-state index in [-0.39, 0.29) is 0 Å². The maximum atomic E-state index is 6.16. The van der Waals surface area contributed by atoms with Crippen LogP contribution in [0.4, 0.5) is 17.2 Å². The molecule has 2 N–H and O–H groups in total. The lowest BCUT2D eigenvalue weighted by Crippen LogP contribution is -2.27. The maximum Gasteiger partial charge on any atom is 0.173 e. The van der Waals surface area contributed by atoms with Gasteiger partial charge in [0.25, 0.3) is 0 Å². The monoisotopic (exact) mass is 321 g/mol. The zero-order valence-corrected chi connectivity index (χ0v) is 14.1. The molecule has 3 rings (SSSR count). The Morgan fingerprint density at radius 1 is 1.17 bits per heavy atom. The number of hydrogen-bond donors (Lipinski definition) is 1. The molecule has 6 nitrogen and oxygen atoms in total. The summed E-state index contributed by atoms with van der Waals surface area (Å²) in [7, 11) is 1.99. The second-order valence-electron chi connectivity index (χ2n) is 5.94. The zero-order valence-electron chi connectivity index (χ0n) is 14.1. The minimum absolute atomic E-state index is 0.510. The first-order valence-electron chi connectivity index (χ1n) is 7.77. The summed E-state index contributed by atoms with van der Waals surface area (Å²) < 4.78 is 3.73. The fourth-order valence-corrected chi connectivity index (χ4v) is 2.44. The van der Waals surface area contributed by atoms with E-state index in [1.165, 1.54) is 0 Å². The van der Waals surface area contributed by atoms with E-state index in [1.807, 2.05) is 62.1 Å². The van der Waals surface area contributed by atoms with Gasteiger partial charge in [-0.3, -0.25) is 0 Å². The van der Waals surface area contributed by atoms with E-state index in [4.69, 9.17) is 5.73 Å². The molecule has 0 aliphatic carbocycles. The molecule has 2 heterocycles. The van der Waals surface area contributed by atoms with E-state index in [0.717, 1.165) is 22.4 Å². The fraction of sp³-hybridized carbons (Fsp3) is 0.222. The molecule has 0 bridgehead atoms. The highest BCUT2D eigenvalue weighted by atomic mass is 15.3. The lowest BCUT2D eigenvalue weighted by atomic mass is 10.1. The molecule has 24 heavy (non-hydrogen) atoms. The van der Waals surface area contributed by atoms with Gasteiger partial charge in [0.1, 0.15) is 18.6 Å². The Bertz CT molecular complexity index is 894. The topological polar surface area (TPSA) is 72.4 Å². The standard InChI is InChI=1S/C18H21N6/c1-13-6-7-14(2)16(9-13)21-22-17-10-20-24(18(17)19)12-15-5-4-8-23(3)11-15/h4-11H,12,19H2,1-3H3/q+1. The van der Waals surface area contributed by atoms with Gasteiger partial charge in [0.2, 0.25) is 0 Å². The number of hydrogen-bond acceptors (Lipinski definition) is 4. The maximum absolute atomic E-state index is 6.16. The number of anilines is 1. The van der Waals surface area contributed by atoms with Gasteiger partial charge in [0.05, 0.1) is 18.4 Å². The van der Waals surface area contributed by atoms with Crippen molar-refractivity contribution in [2.45, 2.75) is 20.4 Å². The molecule has 2 aromatic heterocycles. The van der Waals surface area contributed by atoms with Gasteiger partial charge in [-0.2, -0.15) is 10.2 Å². The molecule has 0 fully saturated rings. The molecule has 0 aliphatic heterocycles. The summed E-state index contributed by atoms with van der Waals surface area (Å²) in [6.45, 7) is 4.64. The molecule has 0 aliphatic rings. The predicted molar refractivity (Wildman–Crippen MR) is 93.5 cm³/mol. The molecule has 0 saturated carbocycles. The minimum atomic E-state index is 0.510. The summed E-state index contributed by atoms with van der Waals surface area (Å²) in [6.07, 6.45) is 5.67. The van der Waals surface area contributed by atoms with Gasteiger partial charge in [0.15, 0.2) is 12.4 Å².